The molecular formula is C18H29N3O3. The Morgan fingerprint density at radius 1 is 1.33 bits per heavy atom. The number of carbonyl (C=O) groups is 2. The molecule has 24 heavy (non-hydrogen) atoms. The average Bonchev–Trinajstić information content (AvgIpc) is 2.97. The molecule has 0 bridgehead atoms. The third kappa shape index (κ3) is 4.36. The highest BCUT2D eigenvalue weighted by Crippen LogP contribution is 2.21. The third-order valence-corrected chi connectivity index (χ3v) is 4.28. The van der Waals surface area contributed by atoms with Gasteiger partial charge in [-0.05, 0) is 24.7 Å². The number of aromatic nitrogens is 1. The second-order valence-corrected chi connectivity index (χ2v) is 7.47. The fourth-order valence-corrected chi connectivity index (χ4v) is 3.18. The maximum Gasteiger partial charge on any atom is 0.276 e. The van der Waals surface area contributed by atoms with Crippen LogP contribution in [-0.2, 0) is 11.2 Å². The summed E-state index contributed by atoms with van der Waals surface area (Å²) in [5.74, 6) is 1.17. The summed E-state index contributed by atoms with van der Waals surface area (Å²) in [6.45, 7) is 10.8. The van der Waals surface area contributed by atoms with Crippen LogP contribution in [0.3, 0.4) is 0 Å². The molecule has 6 heteroatoms. The molecule has 1 aliphatic heterocycles. The van der Waals surface area contributed by atoms with Crippen LogP contribution in [0.2, 0.25) is 0 Å². The van der Waals surface area contributed by atoms with E-state index < -0.39 is 6.04 Å². The van der Waals surface area contributed by atoms with Crippen LogP contribution in [0, 0.1) is 11.8 Å². The Morgan fingerprint density at radius 2 is 2.00 bits per heavy atom. The van der Waals surface area contributed by atoms with Gasteiger partial charge in [-0.25, -0.2) is 0 Å². The van der Waals surface area contributed by atoms with Crippen molar-refractivity contribution in [3.63, 3.8) is 0 Å². The molecule has 0 aliphatic carbocycles. The second-order valence-electron chi connectivity index (χ2n) is 7.47. The molecule has 1 aliphatic rings. The Bertz CT molecular complexity index is 580. The number of hydrogen-bond acceptors (Lipinski definition) is 4. The van der Waals surface area contributed by atoms with Gasteiger partial charge >= 0.3 is 0 Å². The minimum atomic E-state index is -0.442. The number of nitrogens with one attached hydrogen (secondary N) is 1. The standard InChI is InChI=1S/C18H29N3O3/c1-6-14-9-15(20-24-14)18(23)21-10-13(7-11(2)3)19-17(22)16(21)8-12(4)5/h9,11-13,16H,6-8,10H2,1-5H3,(H,19,22). The minimum absolute atomic E-state index is 0.0117. The average molecular weight is 335 g/mol. The fraction of sp³-hybridized carbons (Fsp3) is 0.722. The zero-order chi connectivity index (χ0) is 17.9. The zero-order valence-electron chi connectivity index (χ0n) is 15.3. The normalized spacial score (nSPS) is 21.5. The van der Waals surface area contributed by atoms with Crippen molar-refractivity contribution < 1.29 is 14.1 Å². The van der Waals surface area contributed by atoms with E-state index in [4.69, 9.17) is 4.52 Å². The van der Waals surface area contributed by atoms with Gasteiger partial charge in [0.15, 0.2) is 5.69 Å². The van der Waals surface area contributed by atoms with E-state index >= 15 is 0 Å². The molecule has 2 rings (SSSR count). The molecule has 2 unspecified atom stereocenters. The van der Waals surface area contributed by atoms with Crippen molar-refractivity contribution in [1.29, 1.82) is 0 Å². The SMILES string of the molecule is CCc1cc(C(=O)N2CC(CC(C)C)NC(=O)C2CC(C)C)no1. The quantitative estimate of drug-likeness (QED) is 0.867. The second kappa shape index (κ2) is 7.81. The Morgan fingerprint density at radius 3 is 2.54 bits per heavy atom. The first kappa shape index (κ1) is 18.5. The number of carbonyl (C=O) groups excluding carboxylic acids is 2. The first-order chi connectivity index (χ1) is 11.3. The molecule has 0 radical (unpaired) electrons. The molecule has 2 amide bonds. The van der Waals surface area contributed by atoms with E-state index in [0.29, 0.717) is 42.7 Å². The number of nitrogens with zero attached hydrogens (tertiary/aromatic N) is 2. The van der Waals surface area contributed by atoms with E-state index in [1.54, 1.807) is 11.0 Å². The predicted molar refractivity (Wildman–Crippen MR) is 91.5 cm³/mol. The molecule has 2 atom stereocenters. The van der Waals surface area contributed by atoms with Crippen LogP contribution in [0.15, 0.2) is 10.6 Å². The summed E-state index contributed by atoms with van der Waals surface area (Å²) >= 11 is 0. The lowest BCUT2D eigenvalue weighted by atomic mass is 9.94. The van der Waals surface area contributed by atoms with Gasteiger partial charge in [0.05, 0.1) is 0 Å². The monoisotopic (exact) mass is 335 g/mol. The van der Waals surface area contributed by atoms with Gasteiger partial charge in [-0.2, -0.15) is 0 Å². The third-order valence-electron chi connectivity index (χ3n) is 4.28. The van der Waals surface area contributed by atoms with Crippen molar-refractivity contribution >= 4 is 11.8 Å². The summed E-state index contributed by atoms with van der Waals surface area (Å²) in [7, 11) is 0. The smallest absolute Gasteiger partial charge is 0.276 e. The minimum Gasteiger partial charge on any atom is -0.361 e. The Kier molecular flexibility index (Phi) is 6.02. The zero-order valence-corrected chi connectivity index (χ0v) is 15.3. The molecule has 2 heterocycles. The Balaban J connectivity index is 2.23. The van der Waals surface area contributed by atoms with Gasteiger partial charge in [-0.3, -0.25) is 9.59 Å². The van der Waals surface area contributed by atoms with E-state index in [-0.39, 0.29) is 17.9 Å². The number of aryl methyl sites for hydroxylation is 1. The lowest BCUT2D eigenvalue weighted by Crippen LogP contribution is -2.62. The molecular weight excluding hydrogens is 306 g/mol. The van der Waals surface area contributed by atoms with Gasteiger partial charge in [-0.1, -0.05) is 39.8 Å². The number of piperazine rings is 1. The van der Waals surface area contributed by atoms with Crippen molar-refractivity contribution in [1.82, 2.24) is 15.4 Å². The molecule has 0 saturated carbocycles. The molecule has 1 fully saturated rings. The van der Waals surface area contributed by atoms with Crippen LogP contribution in [0.1, 0.15) is 63.7 Å². The highest BCUT2D eigenvalue weighted by Gasteiger charge is 2.38. The lowest BCUT2D eigenvalue weighted by Gasteiger charge is -2.40. The summed E-state index contributed by atoms with van der Waals surface area (Å²) < 4.78 is 5.16. The Hall–Kier alpha value is -1.85. The highest BCUT2D eigenvalue weighted by atomic mass is 16.5. The topological polar surface area (TPSA) is 75.4 Å². The van der Waals surface area contributed by atoms with Crippen molar-refractivity contribution in [2.45, 2.75) is 66.0 Å². The van der Waals surface area contributed by atoms with Crippen molar-refractivity contribution in [2.24, 2.45) is 11.8 Å². The summed E-state index contributed by atoms with van der Waals surface area (Å²) in [4.78, 5) is 27.2. The fourth-order valence-electron chi connectivity index (χ4n) is 3.18. The van der Waals surface area contributed by atoms with Gasteiger partial charge in [0.1, 0.15) is 11.8 Å². The first-order valence-corrected chi connectivity index (χ1v) is 8.88. The van der Waals surface area contributed by atoms with Gasteiger partial charge in [0.25, 0.3) is 5.91 Å². The Labute approximate surface area is 143 Å². The van der Waals surface area contributed by atoms with Crippen molar-refractivity contribution in [3.8, 4) is 0 Å². The molecule has 0 aromatic carbocycles. The van der Waals surface area contributed by atoms with E-state index in [1.165, 1.54) is 0 Å². The van der Waals surface area contributed by atoms with E-state index in [1.807, 2.05) is 6.92 Å². The molecule has 1 aromatic rings. The molecule has 0 spiro atoms. The maximum absolute atomic E-state index is 12.9. The number of rotatable bonds is 6. The molecule has 1 N–H and O–H groups in total. The van der Waals surface area contributed by atoms with Gasteiger partial charge < -0.3 is 14.7 Å². The number of amides is 2. The van der Waals surface area contributed by atoms with E-state index in [2.05, 4.69) is 38.2 Å². The first-order valence-electron chi connectivity index (χ1n) is 8.88. The predicted octanol–water partition coefficient (Wildman–Crippen LogP) is 2.64. The maximum atomic E-state index is 12.9. The largest absolute Gasteiger partial charge is 0.361 e. The molecule has 6 nitrogen and oxygen atoms in total. The van der Waals surface area contributed by atoms with Crippen LogP contribution >= 0.6 is 0 Å². The van der Waals surface area contributed by atoms with Gasteiger partial charge in [-0.15, -0.1) is 0 Å². The van der Waals surface area contributed by atoms with E-state index in [9.17, 15) is 9.59 Å². The van der Waals surface area contributed by atoms with Gasteiger partial charge in [0, 0.05) is 25.1 Å². The van der Waals surface area contributed by atoms with Crippen LogP contribution in [0.5, 0.6) is 0 Å². The van der Waals surface area contributed by atoms with Crippen LogP contribution in [-0.4, -0.2) is 40.5 Å². The summed E-state index contributed by atoms with van der Waals surface area (Å²) in [5.41, 5.74) is 0.290. The molecule has 134 valence electrons. The van der Waals surface area contributed by atoms with Crippen LogP contribution in [0.4, 0.5) is 0 Å². The summed E-state index contributed by atoms with van der Waals surface area (Å²) in [5, 5.41) is 6.97. The molecule has 1 aromatic heterocycles. The summed E-state index contributed by atoms with van der Waals surface area (Å²) in [6, 6.07) is 1.23. The number of hydrogen-bond donors (Lipinski definition) is 1. The van der Waals surface area contributed by atoms with Gasteiger partial charge in [0.2, 0.25) is 5.91 Å². The van der Waals surface area contributed by atoms with Crippen molar-refractivity contribution in [3.05, 3.63) is 17.5 Å². The van der Waals surface area contributed by atoms with Crippen LogP contribution < -0.4 is 5.32 Å². The van der Waals surface area contributed by atoms with E-state index in [0.717, 1.165) is 6.42 Å². The highest BCUT2D eigenvalue weighted by molar-refractivity contribution is 5.97. The molecule has 1 saturated heterocycles. The van der Waals surface area contributed by atoms with Crippen LogP contribution in [0.25, 0.3) is 0 Å². The summed E-state index contributed by atoms with van der Waals surface area (Å²) in [6.07, 6.45) is 2.18. The lowest BCUT2D eigenvalue weighted by molar-refractivity contribution is -0.130. The van der Waals surface area contributed by atoms with Crippen molar-refractivity contribution in [2.75, 3.05) is 6.54 Å².